The van der Waals surface area contributed by atoms with E-state index >= 15 is 0 Å². The summed E-state index contributed by atoms with van der Waals surface area (Å²) in [5.41, 5.74) is 25.5. The first-order chi connectivity index (χ1) is 28.8. The van der Waals surface area contributed by atoms with E-state index in [4.69, 9.17) is 19.4 Å². The number of aromatic nitrogens is 3. The molecular weight excluding hydrogens is 717 g/mol. The molecule has 0 bridgehead atoms. The number of fused-ring (bicyclic) bond motifs is 3. The molecule has 0 spiro atoms. The highest BCUT2D eigenvalue weighted by Gasteiger charge is 2.29. The summed E-state index contributed by atoms with van der Waals surface area (Å²) < 4.78 is 7.27. The Morgan fingerprint density at radius 3 is 1.10 bits per heavy atom. The second kappa shape index (κ2) is 15.3. The summed E-state index contributed by atoms with van der Waals surface area (Å²) in [6.07, 6.45) is 0. The lowest BCUT2D eigenvalue weighted by Crippen LogP contribution is -2.55. The lowest BCUT2D eigenvalue weighted by molar-refractivity contribution is 0.673. The molecule has 0 saturated carbocycles. The van der Waals surface area contributed by atoms with Crippen molar-refractivity contribution >= 4 is 168 Å². The fourth-order valence-electron chi connectivity index (χ4n) is 9.21. The third kappa shape index (κ3) is 6.36. The van der Waals surface area contributed by atoms with Crippen LogP contribution in [0.2, 0.25) is 0 Å². The van der Waals surface area contributed by atoms with Crippen LogP contribution in [0.1, 0.15) is 0 Å². The van der Waals surface area contributed by atoms with Gasteiger partial charge in [0.25, 0.3) is 0 Å². The van der Waals surface area contributed by atoms with E-state index in [0.29, 0.717) is 17.5 Å². The first-order valence-corrected chi connectivity index (χ1v) is 21.0. The molecule has 2 heterocycles. The summed E-state index contributed by atoms with van der Waals surface area (Å²) in [4.78, 5) is 15.9. The maximum absolute atomic E-state index is 7.27. The monoisotopic (exact) mass is 759 g/mol. The largest absolute Gasteiger partial charge is 0.456 e. The molecule has 15 heteroatoms. The molecule has 0 aliphatic carbocycles. The number of rotatable bonds is 6. The number of hydrogen-bond donors (Lipinski definition) is 0. The first-order valence-electron chi connectivity index (χ1n) is 21.0. The summed E-state index contributed by atoms with van der Waals surface area (Å²) in [5, 5.41) is 2.30. The molecule has 0 aliphatic rings. The Bertz CT molecular complexity index is 3060. The fraction of sp³-hybridized carbons (Fsp3) is 0. The van der Waals surface area contributed by atoms with E-state index in [-0.39, 0.29) is 0 Å². The molecule has 4 nitrogen and oxygen atoms in total. The second-order valence-corrected chi connectivity index (χ2v) is 16.7. The van der Waals surface area contributed by atoms with Crippen molar-refractivity contribution in [2.75, 3.05) is 0 Å². The van der Waals surface area contributed by atoms with Gasteiger partial charge in [0, 0.05) is 21.9 Å². The van der Waals surface area contributed by atoms with Gasteiger partial charge in [-0.15, -0.1) is 21.9 Å². The van der Waals surface area contributed by atoms with Gasteiger partial charge in [-0.05, 0) is 33.4 Å². The smallest absolute Gasteiger partial charge is 0.167 e. The van der Waals surface area contributed by atoms with Crippen LogP contribution in [0.3, 0.4) is 0 Å². The highest BCUT2D eigenvalue weighted by atomic mass is 16.3. The zero-order chi connectivity index (χ0) is 42.1. The van der Waals surface area contributed by atoms with Gasteiger partial charge in [-0.2, -0.15) is 0 Å². The zero-order valence-corrected chi connectivity index (χ0v) is 36.6. The molecule has 0 saturated heterocycles. The molecule has 2 aromatic heterocycles. The van der Waals surface area contributed by atoms with Crippen LogP contribution in [0, 0.1) is 0 Å². The summed E-state index contributed by atoms with van der Waals surface area (Å²) in [6.45, 7) is 0. The predicted molar refractivity (Wildman–Crippen MR) is 290 cm³/mol. The van der Waals surface area contributed by atoms with Crippen molar-refractivity contribution in [1.29, 1.82) is 0 Å². The minimum Gasteiger partial charge on any atom is -0.456 e. The van der Waals surface area contributed by atoms with Crippen molar-refractivity contribution in [2.24, 2.45) is 0 Å². The molecule has 0 radical (unpaired) electrons. The Morgan fingerprint density at radius 1 is 0.267 bits per heavy atom. The molecule has 9 aromatic rings. The van der Waals surface area contributed by atoms with Crippen molar-refractivity contribution in [3.8, 4) is 67.5 Å². The van der Waals surface area contributed by atoms with Gasteiger partial charge in [0.2, 0.25) is 0 Å². The second-order valence-electron chi connectivity index (χ2n) is 16.7. The molecule has 7 aromatic carbocycles. The molecule has 0 unspecified atom stereocenters. The number of nitrogens with zero attached hydrogens (tertiary/aromatic N) is 3. The van der Waals surface area contributed by atoms with E-state index in [1.54, 1.807) is 0 Å². The first kappa shape index (κ1) is 39.5. The van der Waals surface area contributed by atoms with E-state index in [1.165, 1.54) is 76.8 Å². The molecule has 0 fully saturated rings. The minimum atomic E-state index is 0.596. The third-order valence-corrected chi connectivity index (χ3v) is 13.7. The number of furan rings is 1. The van der Waals surface area contributed by atoms with Crippen LogP contribution in [-0.4, -0.2) is 101 Å². The van der Waals surface area contributed by atoms with Crippen LogP contribution in [-0.2, 0) is 0 Å². The van der Waals surface area contributed by atoms with Crippen LogP contribution in [0.5, 0.6) is 0 Å². The number of benzene rings is 7. The summed E-state index contributed by atoms with van der Waals surface area (Å²) in [6, 6.07) is 38.0. The van der Waals surface area contributed by atoms with Gasteiger partial charge in [0.05, 0.1) is 5.56 Å². The Balaban J connectivity index is 1.36. The minimum absolute atomic E-state index is 0.596. The average Bonchev–Trinajstić information content (AvgIpc) is 3.68. The average molecular weight is 758 g/mol. The van der Waals surface area contributed by atoms with E-state index in [0.717, 1.165) is 55.3 Å². The summed E-state index contributed by atoms with van der Waals surface area (Å²) in [7, 11) is 24.7. The molecule has 0 aliphatic heterocycles. The Morgan fingerprint density at radius 2 is 0.617 bits per heavy atom. The van der Waals surface area contributed by atoms with Crippen molar-refractivity contribution in [3.63, 3.8) is 0 Å². The summed E-state index contributed by atoms with van der Waals surface area (Å²) in [5.74, 6) is 1.82. The van der Waals surface area contributed by atoms with E-state index in [1.807, 2.05) is 12.1 Å². The van der Waals surface area contributed by atoms with Crippen molar-refractivity contribution in [1.82, 2.24) is 15.0 Å². The molecule has 60 heavy (non-hydrogen) atoms. The lowest BCUT2D eigenvalue weighted by Gasteiger charge is -2.24. The highest BCUT2D eigenvalue weighted by molar-refractivity contribution is 6.71. The van der Waals surface area contributed by atoms with Gasteiger partial charge in [0.1, 0.15) is 97.5 Å². The molecule has 0 atom stereocenters. The molecule has 274 valence electrons. The maximum Gasteiger partial charge on any atom is 0.167 e. The van der Waals surface area contributed by atoms with Gasteiger partial charge in [-0.1, -0.05) is 147 Å². The van der Waals surface area contributed by atoms with Crippen LogP contribution >= 0.6 is 0 Å². The fourth-order valence-corrected chi connectivity index (χ4v) is 9.21. The zero-order valence-electron chi connectivity index (χ0n) is 36.6. The summed E-state index contributed by atoms with van der Waals surface area (Å²) >= 11 is 0. The quantitative estimate of drug-likeness (QED) is 0.159. The van der Waals surface area contributed by atoms with Crippen molar-refractivity contribution < 1.29 is 4.42 Å². The van der Waals surface area contributed by atoms with Crippen molar-refractivity contribution in [2.45, 2.75) is 0 Å². The standard InChI is InChI=1S/C45H40B11N3O/c46-30-25(27-31(47)35(51)38(54)36(52)32(27)48)26-28-33(49)37(53)39(55)40(56)42(28)60-41(26)29(34(30)50)45-58-43(23-15-11-21(12-16-23)19-7-3-1-4-8-19)57-44(59-45)24-17-13-22(14-18-24)20-9-5-2-6-10-20/h1-18H,46-56H2. The van der Waals surface area contributed by atoms with E-state index < -0.39 is 0 Å². The van der Waals surface area contributed by atoms with E-state index in [9.17, 15) is 0 Å². The number of hydrogen-bond acceptors (Lipinski definition) is 4. The Hall–Kier alpha value is -5.94. The molecule has 9 rings (SSSR count). The molecule has 0 amide bonds. The topological polar surface area (TPSA) is 51.8 Å². The SMILES string of the molecule is Bc1c(B)c(B)c(-c2c(B)c(B)c(-c3nc(-c4ccc(-c5ccccc5)cc4)nc(-c4ccc(-c5ccccc5)cc4)n3)c3oc4c(B)c(B)c(B)c(B)c4c23)c(B)c1B. The predicted octanol–water partition coefficient (Wildman–Crippen LogP) is -7.38. The van der Waals surface area contributed by atoms with Crippen molar-refractivity contribution in [3.05, 3.63) is 109 Å². The van der Waals surface area contributed by atoms with Gasteiger partial charge >= 0.3 is 0 Å². The van der Waals surface area contributed by atoms with Crippen LogP contribution in [0.25, 0.3) is 89.5 Å². The third-order valence-electron chi connectivity index (χ3n) is 13.7. The van der Waals surface area contributed by atoms with Crippen LogP contribution < -0.4 is 60.1 Å². The molecular formula is C45H40B11N3O. The lowest BCUT2D eigenvalue weighted by atomic mass is 9.58. The van der Waals surface area contributed by atoms with Crippen LogP contribution in [0.4, 0.5) is 0 Å². The Kier molecular flexibility index (Phi) is 10.1. The Labute approximate surface area is 362 Å². The highest BCUT2D eigenvalue weighted by Crippen LogP contribution is 2.38. The van der Waals surface area contributed by atoms with Crippen LogP contribution in [0.15, 0.2) is 114 Å². The van der Waals surface area contributed by atoms with Gasteiger partial charge < -0.3 is 4.42 Å². The molecule has 0 N–H and O–H groups in total. The van der Waals surface area contributed by atoms with Gasteiger partial charge in [0.15, 0.2) is 17.5 Å². The van der Waals surface area contributed by atoms with E-state index in [2.05, 4.69) is 183 Å². The van der Waals surface area contributed by atoms with Gasteiger partial charge in [-0.3, -0.25) is 0 Å². The van der Waals surface area contributed by atoms with Gasteiger partial charge in [-0.25, -0.2) is 15.0 Å². The normalized spacial score (nSPS) is 11.4. The maximum atomic E-state index is 7.27.